The van der Waals surface area contributed by atoms with Crippen molar-refractivity contribution >= 4 is 86.4 Å². The molecule has 0 unspecified atom stereocenters. The maximum Gasteiger partial charge on any atom is 0.0498 e. The van der Waals surface area contributed by atoms with Crippen LogP contribution in [0.2, 0.25) is 0 Å². The Bertz CT molecular complexity index is 2330. The van der Waals surface area contributed by atoms with E-state index in [0.717, 1.165) is 13.0 Å². The van der Waals surface area contributed by atoms with Gasteiger partial charge >= 0.3 is 0 Å². The summed E-state index contributed by atoms with van der Waals surface area (Å²) in [6, 6.07) is 45.5. The highest BCUT2D eigenvalue weighted by Gasteiger charge is 2.20. The Hall–Kier alpha value is -4.88. The molecular formula is C40H29N. The molecule has 194 valence electrons. The average Bonchev–Trinajstić information content (AvgIpc) is 3.36. The molecular weight excluding hydrogens is 494 g/mol. The van der Waals surface area contributed by atoms with Crippen LogP contribution in [0.3, 0.4) is 0 Å². The van der Waals surface area contributed by atoms with Crippen molar-refractivity contribution in [2.24, 2.45) is 0 Å². The van der Waals surface area contributed by atoms with Gasteiger partial charge in [0.25, 0.3) is 0 Å². The van der Waals surface area contributed by atoms with Crippen LogP contribution in [0.1, 0.15) is 19.8 Å². The van der Waals surface area contributed by atoms with E-state index < -0.39 is 0 Å². The molecule has 1 heteroatoms. The summed E-state index contributed by atoms with van der Waals surface area (Å²) in [6.07, 6.45) is 2.33. The lowest BCUT2D eigenvalue weighted by molar-refractivity contribution is 0.665. The summed E-state index contributed by atoms with van der Waals surface area (Å²) >= 11 is 0. The minimum Gasteiger partial charge on any atom is -0.340 e. The van der Waals surface area contributed by atoms with Crippen LogP contribution in [0.5, 0.6) is 0 Å². The molecule has 0 fully saturated rings. The van der Waals surface area contributed by atoms with Crippen LogP contribution in [0.15, 0.2) is 121 Å². The number of unbranched alkanes of at least 4 members (excludes halogenated alkanes) is 1. The zero-order chi connectivity index (χ0) is 27.1. The lowest BCUT2D eigenvalue weighted by Crippen LogP contribution is -1.97. The SMILES string of the molecule is CCCCn1c2ccc3ccc4ccc5ccccc5c4c3c2c2c3c(ccc4ccc5ccccc5c43)ccc21. The van der Waals surface area contributed by atoms with Crippen LogP contribution in [-0.2, 0) is 6.54 Å². The second-order valence-electron chi connectivity index (χ2n) is 11.5. The van der Waals surface area contributed by atoms with Crippen LogP contribution in [0.4, 0.5) is 0 Å². The predicted octanol–water partition coefficient (Wildman–Crippen LogP) is 11.5. The van der Waals surface area contributed by atoms with Crippen molar-refractivity contribution in [1.82, 2.24) is 4.57 Å². The predicted molar refractivity (Wildman–Crippen MR) is 179 cm³/mol. The minimum absolute atomic E-state index is 1.02. The van der Waals surface area contributed by atoms with Crippen molar-refractivity contribution in [3.8, 4) is 0 Å². The molecule has 0 aliphatic heterocycles. The second-order valence-corrected chi connectivity index (χ2v) is 11.5. The fraction of sp³-hybridized carbons (Fsp3) is 0.100. The van der Waals surface area contributed by atoms with Gasteiger partial charge in [0.15, 0.2) is 0 Å². The quantitative estimate of drug-likeness (QED) is 0.203. The van der Waals surface area contributed by atoms with Gasteiger partial charge in [0.2, 0.25) is 0 Å². The molecule has 0 aliphatic carbocycles. The Balaban J connectivity index is 1.64. The van der Waals surface area contributed by atoms with E-state index in [0.29, 0.717) is 0 Å². The number of benzene rings is 8. The molecule has 0 spiro atoms. The number of fused-ring (bicyclic) bond motifs is 15. The number of rotatable bonds is 3. The third kappa shape index (κ3) is 3.12. The molecule has 0 saturated heterocycles. The van der Waals surface area contributed by atoms with Gasteiger partial charge in [0, 0.05) is 39.1 Å². The minimum atomic E-state index is 1.02. The number of nitrogens with zero attached hydrogens (tertiary/aromatic N) is 1. The zero-order valence-corrected chi connectivity index (χ0v) is 23.1. The molecule has 0 radical (unpaired) electrons. The molecule has 0 atom stereocenters. The smallest absolute Gasteiger partial charge is 0.0498 e. The van der Waals surface area contributed by atoms with E-state index in [-0.39, 0.29) is 0 Å². The van der Waals surface area contributed by atoms with E-state index in [2.05, 4.69) is 133 Å². The van der Waals surface area contributed by atoms with Gasteiger partial charge < -0.3 is 4.57 Å². The summed E-state index contributed by atoms with van der Waals surface area (Å²) in [7, 11) is 0. The van der Waals surface area contributed by atoms with Crippen molar-refractivity contribution in [1.29, 1.82) is 0 Å². The highest BCUT2D eigenvalue weighted by molar-refractivity contribution is 6.39. The van der Waals surface area contributed by atoms with Gasteiger partial charge in [0.05, 0.1) is 0 Å². The third-order valence-corrected chi connectivity index (χ3v) is 9.31. The van der Waals surface area contributed by atoms with E-state index in [9.17, 15) is 0 Å². The molecule has 0 amide bonds. The van der Waals surface area contributed by atoms with Crippen molar-refractivity contribution in [3.63, 3.8) is 0 Å². The molecule has 0 bridgehead atoms. The van der Waals surface area contributed by atoms with Crippen LogP contribution in [-0.4, -0.2) is 4.57 Å². The molecule has 9 rings (SSSR count). The summed E-state index contributed by atoms with van der Waals surface area (Å²) in [4.78, 5) is 0. The molecule has 0 aliphatic rings. The van der Waals surface area contributed by atoms with Gasteiger partial charge in [-0.2, -0.15) is 0 Å². The van der Waals surface area contributed by atoms with Crippen molar-refractivity contribution in [2.75, 3.05) is 0 Å². The topological polar surface area (TPSA) is 4.93 Å². The van der Waals surface area contributed by atoms with Crippen LogP contribution >= 0.6 is 0 Å². The Kier molecular flexibility index (Phi) is 4.78. The van der Waals surface area contributed by atoms with E-state index in [1.165, 1.54) is 92.9 Å². The first-order valence-electron chi connectivity index (χ1n) is 14.8. The Morgan fingerprint density at radius 3 is 1.24 bits per heavy atom. The molecule has 41 heavy (non-hydrogen) atoms. The van der Waals surface area contributed by atoms with Gasteiger partial charge in [-0.25, -0.2) is 0 Å². The van der Waals surface area contributed by atoms with E-state index in [1.807, 2.05) is 0 Å². The molecule has 8 aromatic carbocycles. The van der Waals surface area contributed by atoms with Gasteiger partial charge in [-0.3, -0.25) is 0 Å². The highest BCUT2D eigenvalue weighted by atomic mass is 15.0. The first-order chi connectivity index (χ1) is 20.3. The molecule has 1 aromatic heterocycles. The summed E-state index contributed by atoms with van der Waals surface area (Å²) in [5.41, 5.74) is 2.68. The molecule has 1 nitrogen and oxygen atoms in total. The maximum absolute atomic E-state index is 2.60. The molecule has 0 N–H and O–H groups in total. The van der Waals surface area contributed by atoms with Gasteiger partial charge in [0.1, 0.15) is 0 Å². The molecule has 9 aromatic rings. The summed E-state index contributed by atoms with van der Waals surface area (Å²) in [5.74, 6) is 0. The number of hydrogen-bond acceptors (Lipinski definition) is 0. The lowest BCUT2D eigenvalue weighted by Gasteiger charge is -2.12. The molecule has 1 heterocycles. The third-order valence-electron chi connectivity index (χ3n) is 9.31. The highest BCUT2D eigenvalue weighted by Crippen LogP contribution is 2.45. The second kappa shape index (κ2) is 8.56. The number of hydrogen-bond donors (Lipinski definition) is 0. The summed E-state index contributed by atoms with van der Waals surface area (Å²) in [5, 5.41) is 18.7. The van der Waals surface area contributed by atoms with E-state index in [4.69, 9.17) is 0 Å². The Morgan fingerprint density at radius 1 is 0.390 bits per heavy atom. The van der Waals surface area contributed by atoms with E-state index >= 15 is 0 Å². The lowest BCUT2D eigenvalue weighted by atomic mass is 9.90. The monoisotopic (exact) mass is 523 g/mol. The normalized spacial score (nSPS) is 12.3. The van der Waals surface area contributed by atoms with E-state index in [1.54, 1.807) is 0 Å². The van der Waals surface area contributed by atoms with Gasteiger partial charge in [-0.05, 0) is 72.4 Å². The fourth-order valence-electron chi connectivity index (χ4n) is 7.45. The van der Waals surface area contributed by atoms with Crippen LogP contribution < -0.4 is 0 Å². The maximum atomic E-state index is 2.60. The van der Waals surface area contributed by atoms with Crippen molar-refractivity contribution < 1.29 is 0 Å². The Labute approximate surface area is 238 Å². The van der Waals surface area contributed by atoms with Crippen LogP contribution in [0.25, 0.3) is 86.4 Å². The van der Waals surface area contributed by atoms with Gasteiger partial charge in [-0.1, -0.05) is 123 Å². The summed E-state index contributed by atoms with van der Waals surface area (Å²) in [6.45, 7) is 3.31. The standard InChI is InChI=1S/C40H29N/c1-2-3-24-41-33-22-20-29-18-16-27-14-12-25-8-4-6-10-31(25)35(27)37(29)39(33)40-34(41)23-21-30-19-17-28-15-13-26-9-5-7-11-32(26)36(28)38(30)40/h4-23H,2-3,24H2,1H3. The van der Waals surface area contributed by atoms with Crippen molar-refractivity contribution in [2.45, 2.75) is 26.3 Å². The first kappa shape index (κ1) is 22.9. The number of aromatic nitrogens is 1. The number of aryl methyl sites for hydroxylation is 1. The first-order valence-corrected chi connectivity index (χ1v) is 14.8. The largest absolute Gasteiger partial charge is 0.340 e. The van der Waals surface area contributed by atoms with Crippen molar-refractivity contribution in [3.05, 3.63) is 121 Å². The Morgan fingerprint density at radius 2 is 0.780 bits per heavy atom. The summed E-state index contributed by atoms with van der Waals surface area (Å²) < 4.78 is 2.60. The molecule has 0 saturated carbocycles. The zero-order valence-electron chi connectivity index (χ0n) is 23.1. The van der Waals surface area contributed by atoms with Crippen LogP contribution in [0, 0.1) is 0 Å². The van der Waals surface area contributed by atoms with Gasteiger partial charge in [-0.15, -0.1) is 0 Å². The average molecular weight is 524 g/mol. The fourth-order valence-corrected chi connectivity index (χ4v) is 7.45.